The highest BCUT2D eigenvalue weighted by atomic mass is 19.4. The van der Waals surface area contributed by atoms with Crippen molar-refractivity contribution in [3.8, 4) is 17.2 Å². The number of ketones is 3. The Bertz CT molecular complexity index is 2040. The van der Waals surface area contributed by atoms with Crippen LogP contribution >= 0.6 is 0 Å². The van der Waals surface area contributed by atoms with Gasteiger partial charge in [0.1, 0.15) is 35.0 Å². The average molecular weight is 810 g/mol. The summed E-state index contributed by atoms with van der Waals surface area (Å²) in [6, 6.07) is 1.16. The molecule has 2 aromatic carbocycles. The minimum atomic E-state index is -5.33. The van der Waals surface area contributed by atoms with E-state index in [1.54, 1.807) is 5.32 Å². The van der Waals surface area contributed by atoms with Crippen molar-refractivity contribution in [3.05, 3.63) is 51.6 Å². The predicted octanol–water partition coefficient (Wildman–Crippen LogP) is 0.0422. The summed E-state index contributed by atoms with van der Waals surface area (Å²) in [6.45, 7) is 1.24. The molecule has 5 unspecified atom stereocenters. The number of carbonyl (C=O) groups is 7. The SMILES string of the molecule is COc1cccc2c1C(=O)c1c(O)c3c(c(O)c1C2=O)C[C@@](O)(C(=O)COC(=O)CCC(NC(C)=O)C(N)=O)C[C@@H]3OC1CC(NC(=O)C(F)(F)F)C(O)C(C)O1. The van der Waals surface area contributed by atoms with E-state index in [1.807, 2.05) is 0 Å². The molecule has 2 aromatic rings. The van der Waals surface area contributed by atoms with E-state index in [9.17, 15) is 67.2 Å². The summed E-state index contributed by atoms with van der Waals surface area (Å²) in [4.78, 5) is 88.7. The third-order valence-electron chi connectivity index (χ3n) is 9.91. The number of alkyl halides is 3. The summed E-state index contributed by atoms with van der Waals surface area (Å²) >= 11 is 0. The van der Waals surface area contributed by atoms with Crippen molar-refractivity contribution in [3.63, 3.8) is 0 Å². The molecule has 1 heterocycles. The van der Waals surface area contributed by atoms with Crippen molar-refractivity contribution >= 4 is 41.0 Å². The molecule has 3 aliphatic rings. The largest absolute Gasteiger partial charge is 0.507 e. The van der Waals surface area contributed by atoms with Gasteiger partial charge in [-0.1, -0.05) is 12.1 Å². The second kappa shape index (κ2) is 16.1. The fraction of sp³-hybridized carbons (Fsp3) is 0.472. The quantitative estimate of drug-likeness (QED) is 0.0940. The van der Waals surface area contributed by atoms with Gasteiger partial charge in [0.25, 0.3) is 0 Å². The van der Waals surface area contributed by atoms with Gasteiger partial charge in [-0.2, -0.15) is 13.2 Å². The first-order valence-electron chi connectivity index (χ1n) is 17.3. The number of nitrogens with two attached hydrogens (primary N) is 1. The standard InChI is InChI=1S/C36H38F3N3O15/c1-13-28(46)18(42-34(52)36(37,38)39)9-23(56-13)57-20-11-35(53,21(44)12-55-22(45)8-7-17(33(40)51)41-14(2)43)10-16-25(20)32(50)27-26(30(16)48)29(47)15-5-4-6-19(54-3)24(15)31(27)49/h4-6,13,17-18,20,23,28,46,48,50,53H,7-12H2,1-3H3,(H2,40,51)(H,41,43)(H,42,52)/t13?,17?,18?,20-,23?,28?,35-/m0/s1. The van der Waals surface area contributed by atoms with Gasteiger partial charge in [0.15, 0.2) is 18.7 Å². The van der Waals surface area contributed by atoms with Crippen LogP contribution in [0, 0.1) is 0 Å². The summed E-state index contributed by atoms with van der Waals surface area (Å²) in [6.07, 6.45) is -14.9. The second-order valence-corrected chi connectivity index (χ2v) is 13.8. The molecular formula is C36H38F3N3O15. The molecule has 57 heavy (non-hydrogen) atoms. The number of carbonyl (C=O) groups excluding carboxylic acids is 7. The Balaban J connectivity index is 1.51. The Morgan fingerprint density at radius 2 is 1.74 bits per heavy atom. The molecule has 1 aliphatic heterocycles. The number of hydrogen-bond donors (Lipinski definition) is 7. The van der Waals surface area contributed by atoms with Crippen LogP contribution in [0.1, 0.15) is 88.6 Å². The van der Waals surface area contributed by atoms with Crippen molar-refractivity contribution in [2.75, 3.05) is 13.7 Å². The van der Waals surface area contributed by atoms with Crippen LogP contribution in [0.25, 0.3) is 0 Å². The van der Waals surface area contributed by atoms with E-state index in [2.05, 4.69) is 5.32 Å². The van der Waals surface area contributed by atoms with Gasteiger partial charge in [-0.05, 0) is 19.4 Å². The van der Waals surface area contributed by atoms with Crippen LogP contribution in [0.2, 0.25) is 0 Å². The fourth-order valence-electron chi connectivity index (χ4n) is 7.11. The van der Waals surface area contributed by atoms with Crippen LogP contribution in [0.5, 0.6) is 17.2 Å². The molecule has 0 spiro atoms. The lowest BCUT2D eigenvalue weighted by Crippen LogP contribution is -2.57. The lowest BCUT2D eigenvalue weighted by atomic mass is 9.72. The molecule has 308 valence electrons. The van der Waals surface area contributed by atoms with Gasteiger partial charge < -0.3 is 55.7 Å². The zero-order valence-electron chi connectivity index (χ0n) is 30.4. The first-order chi connectivity index (χ1) is 26.6. The number of benzene rings is 2. The number of Topliss-reactive ketones (excluding diaryl/α,β-unsaturated/α-hetero) is 1. The molecule has 2 aliphatic carbocycles. The number of primary amides is 1. The average Bonchev–Trinajstić information content (AvgIpc) is 3.13. The lowest BCUT2D eigenvalue weighted by Gasteiger charge is -2.43. The van der Waals surface area contributed by atoms with Crippen LogP contribution in [0.4, 0.5) is 13.2 Å². The van der Waals surface area contributed by atoms with Gasteiger partial charge in [-0.25, -0.2) is 0 Å². The third-order valence-corrected chi connectivity index (χ3v) is 9.91. The molecule has 18 nitrogen and oxygen atoms in total. The molecule has 0 bridgehead atoms. The molecule has 1 fully saturated rings. The van der Waals surface area contributed by atoms with E-state index >= 15 is 0 Å². The number of ether oxygens (including phenoxy) is 4. The second-order valence-electron chi connectivity index (χ2n) is 13.8. The van der Waals surface area contributed by atoms with E-state index in [0.29, 0.717) is 0 Å². The number of amides is 3. The Labute approximate surface area is 320 Å². The van der Waals surface area contributed by atoms with Gasteiger partial charge in [-0.3, -0.25) is 33.6 Å². The maximum Gasteiger partial charge on any atom is 0.471 e. The number of phenolic OH excluding ortho intramolecular Hbond substituents is 2. The molecular weight excluding hydrogens is 771 g/mol. The van der Waals surface area contributed by atoms with Crippen molar-refractivity contribution in [2.24, 2.45) is 5.73 Å². The highest BCUT2D eigenvalue weighted by molar-refractivity contribution is 6.31. The molecule has 5 rings (SSSR count). The van der Waals surface area contributed by atoms with Crippen molar-refractivity contribution in [1.29, 1.82) is 0 Å². The Hall–Kier alpha value is -5.64. The first-order valence-corrected chi connectivity index (χ1v) is 17.3. The Morgan fingerprint density at radius 1 is 1.07 bits per heavy atom. The molecule has 1 saturated heterocycles. The van der Waals surface area contributed by atoms with Gasteiger partial charge in [0, 0.05) is 49.3 Å². The van der Waals surface area contributed by atoms with Crippen molar-refractivity contribution in [2.45, 2.75) is 94.4 Å². The van der Waals surface area contributed by atoms with Crippen molar-refractivity contribution in [1.82, 2.24) is 10.6 Å². The molecule has 0 aromatic heterocycles. The van der Waals surface area contributed by atoms with E-state index in [0.717, 1.165) is 6.92 Å². The topological polar surface area (TPSA) is 287 Å². The van der Waals surface area contributed by atoms with Crippen LogP contribution < -0.4 is 21.1 Å². The monoisotopic (exact) mass is 809 g/mol. The number of halogens is 3. The summed E-state index contributed by atoms with van der Waals surface area (Å²) < 4.78 is 61.3. The summed E-state index contributed by atoms with van der Waals surface area (Å²) in [5.41, 5.74) is -0.153. The minimum absolute atomic E-state index is 0.0502. The Kier molecular flexibility index (Phi) is 12.0. The van der Waals surface area contributed by atoms with Gasteiger partial charge >= 0.3 is 18.1 Å². The summed E-state index contributed by atoms with van der Waals surface area (Å²) in [5, 5.41) is 49.7. The van der Waals surface area contributed by atoms with Crippen molar-refractivity contribution < 1.29 is 86.1 Å². The zero-order valence-corrected chi connectivity index (χ0v) is 30.4. The van der Waals surface area contributed by atoms with E-state index in [-0.39, 0.29) is 23.3 Å². The molecule has 0 saturated carbocycles. The maximum absolute atomic E-state index is 13.9. The molecule has 0 radical (unpaired) electrons. The number of aliphatic hydroxyl groups excluding tert-OH is 1. The molecule has 7 atom stereocenters. The number of phenols is 2. The maximum atomic E-state index is 13.9. The van der Waals surface area contributed by atoms with Gasteiger partial charge in [-0.15, -0.1) is 0 Å². The third kappa shape index (κ3) is 8.41. The number of esters is 1. The number of rotatable bonds is 12. The smallest absolute Gasteiger partial charge is 0.471 e. The van der Waals surface area contributed by atoms with E-state index in [4.69, 9.17) is 24.7 Å². The van der Waals surface area contributed by atoms with E-state index in [1.165, 1.54) is 32.2 Å². The number of hydrogen-bond acceptors (Lipinski definition) is 15. The van der Waals surface area contributed by atoms with Crippen LogP contribution in [0.3, 0.4) is 0 Å². The fourth-order valence-corrected chi connectivity index (χ4v) is 7.11. The van der Waals surface area contributed by atoms with Crippen LogP contribution in [0.15, 0.2) is 18.2 Å². The lowest BCUT2D eigenvalue weighted by molar-refractivity contribution is -0.250. The molecule has 3 amide bonds. The Morgan fingerprint density at radius 3 is 2.35 bits per heavy atom. The minimum Gasteiger partial charge on any atom is -0.507 e. The number of fused-ring (bicyclic) bond motifs is 3. The number of aromatic hydroxyl groups is 2. The summed E-state index contributed by atoms with van der Waals surface area (Å²) in [7, 11) is 1.22. The highest BCUT2D eigenvalue weighted by Crippen LogP contribution is 2.52. The number of methoxy groups -OCH3 is 1. The van der Waals surface area contributed by atoms with Gasteiger partial charge in [0.2, 0.25) is 23.4 Å². The van der Waals surface area contributed by atoms with Crippen LogP contribution in [-0.4, -0.2) is 118 Å². The molecule has 21 heteroatoms. The normalized spacial score (nSPS) is 24.6. The number of nitrogens with one attached hydrogen (secondary N) is 2. The number of aliphatic hydroxyl groups is 2. The van der Waals surface area contributed by atoms with E-state index < -0.39 is 156 Å². The first kappa shape index (κ1) is 42.5. The summed E-state index contributed by atoms with van der Waals surface area (Å²) in [5.74, 6) is -10.1. The van der Waals surface area contributed by atoms with Crippen LogP contribution in [-0.2, 0) is 44.6 Å². The van der Waals surface area contributed by atoms with Gasteiger partial charge in [0.05, 0.1) is 42.0 Å². The zero-order chi connectivity index (χ0) is 42.3. The predicted molar refractivity (Wildman–Crippen MR) is 182 cm³/mol. The molecule has 8 N–H and O–H groups in total. The highest BCUT2D eigenvalue weighted by Gasteiger charge is 2.51.